The lowest BCUT2D eigenvalue weighted by atomic mass is 9.95. The van der Waals surface area contributed by atoms with Gasteiger partial charge in [-0.3, -0.25) is 14.2 Å². The standard InChI is InChI=1S/C30H25Br2N3O4S/c1-4-39-21-12-10-19(11-13-21)26-25(28(36)34-20-8-6-5-7-9-20)17(2)33-30-35(26)29(37)24(40-30)16-18-14-22(31)27(38-3)23(32)15-18/h5-16,26H,4H2,1-3H3,(H,34,36)/b24-16-/t26-/m0/s1. The normalized spacial score (nSPS) is 14.9. The average Bonchev–Trinajstić information content (AvgIpc) is 3.23. The van der Waals surface area contributed by atoms with E-state index in [1.165, 1.54) is 11.3 Å². The number of halogens is 2. The van der Waals surface area contributed by atoms with Crippen molar-refractivity contribution in [2.45, 2.75) is 19.9 Å². The van der Waals surface area contributed by atoms with Crippen LogP contribution in [0.2, 0.25) is 0 Å². The van der Waals surface area contributed by atoms with E-state index < -0.39 is 6.04 Å². The smallest absolute Gasteiger partial charge is 0.271 e. The Morgan fingerprint density at radius 1 is 1.10 bits per heavy atom. The van der Waals surface area contributed by atoms with E-state index in [9.17, 15) is 9.59 Å². The predicted molar refractivity (Wildman–Crippen MR) is 165 cm³/mol. The zero-order chi connectivity index (χ0) is 28.4. The second-order valence-electron chi connectivity index (χ2n) is 8.92. The summed E-state index contributed by atoms with van der Waals surface area (Å²) < 4.78 is 14.6. The van der Waals surface area contributed by atoms with Gasteiger partial charge in [0.1, 0.15) is 11.5 Å². The van der Waals surface area contributed by atoms with Crippen LogP contribution in [0.1, 0.15) is 31.0 Å². The molecule has 1 aliphatic heterocycles. The summed E-state index contributed by atoms with van der Waals surface area (Å²) in [5.74, 6) is 1.06. The number of hydrogen-bond donors (Lipinski definition) is 1. The minimum atomic E-state index is -0.674. The molecule has 1 amide bonds. The minimum Gasteiger partial charge on any atom is -0.494 e. The molecular formula is C30H25Br2N3O4S. The molecule has 0 bridgehead atoms. The van der Waals surface area contributed by atoms with Crippen LogP contribution in [0.5, 0.6) is 11.5 Å². The van der Waals surface area contributed by atoms with Crippen molar-refractivity contribution in [3.05, 3.63) is 118 Å². The zero-order valence-corrected chi connectivity index (χ0v) is 25.9. The van der Waals surface area contributed by atoms with Crippen LogP contribution in [-0.2, 0) is 4.79 Å². The number of fused-ring (bicyclic) bond motifs is 1. The summed E-state index contributed by atoms with van der Waals surface area (Å²) in [4.78, 5) is 32.9. The first-order valence-electron chi connectivity index (χ1n) is 12.5. The van der Waals surface area contributed by atoms with Crippen molar-refractivity contribution in [2.75, 3.05) is 19.0 Å². The van der Waals surface area contributed by atoms with Crippen molar-refractivity contribution < 1.29 is 14.3 Å². The highest BCUT2D eigenvalue weighted by molar-refractivity contribution is 9.11. The largest absolute Gasteiger partial charge is 0.494 e. The summed E-state index contributed by atoms with van der Waals surface area (Å²) >= 11 is 8.34. The second-order valence-corrected chi connectivity index (χ2v) is 11.6. The van der Waals surface area contributed by atoms with Gasteiger partial charge in [0.25, 0.3) is 11.5 Å². The van der Waals surface area contributed by atoms with Gasteiger partial charge in [-0.1, -0.05) is 41.7 Å². The number of nitrogens with zero attached hydrogens (tertiary/aromatic N) is 2. The molecule has 0 saturated carbocycles. The van der Waals surface area contributed by atoms with Gasteiger partial charge in [0.05, 0.1) is 44.5 Å². The number of nitrogens with one attached hydrogen (secondary N) is 1. The van der Waals surface area contributed by atoms with Crippen LogP contribution >= 0.6 is 43.2 Å². The summed E-state index contributed by atoms with van der Waals surface area (Å²) in [5, 5.41) is 2.97. The third-order valence-corrected chi connectivity index (χ3v) is 8.49. The number of benzene rings is 3. The van der Waals surface area contributed by atoms with Gasteiger partial charge >= 0.3 is 0 Å². The Kier molecular flexibility index (Phi) is 8.39. The first kappa shape index (κ1) is 28.1. The van der Waals surface area contributed by atoms with E-state index in [2.05, 4.69) is 37.2 Å². The molecule has 10 heteroatoms. The molecule has 0 fully saturated rings. The van der Waals surface area contributed by atoms with Crippen LogP contribution in [0.15, 0.2) is 96.7 Å². The van der Waals surface area contributed by atoms with Gasteiger partial charge in [0, 0.05) is 5.69 Å². The van der Waals surface area contributed by atoms with Gasteiger partial charge in [-0.2, -0.15) is 0 Å². The molecule has 4 aromatic rings. The molecule has 1 N–H and O–H groups in total. The van der Waals surface area contributed by atoms with E-state index in [-0.39, 0.29) is 11.5 Å². The molecule has 0 radical (unpaired) electrons. The van der Waals surface area contributed by atoms with Gasteiger partial charge in [0.2, 0.25) is 0 Å². The fourth-order valence-corrected chi connectivity index (χ4v) is 7.16. The molecule has 1 aromatic heterocycles. The second kappa shape index (κ2) is 12.0. The number of carbonyl (C=O) groups is 1. The molecule has 204 valence electrons. The Morgan fingerprint density at radius 3 is 2.40 bits per heavy atom. The Labute approximate surface area is 251 Å². The first-order chi connectivity index (χ1) is 19.3. The predicted octanol–water partition coefficient (Wildman–Crippen LogP) is 5.81. The Hall–Kier alpha value is -3.47. The van der Waals surface area contributed by atoms with Crippen molar-refractivity contribution in [2.24, 2.45) is 4.99 Å². The van der Waals surface area contributed by atoms with E-state index in [0.29, 0.717) is 44.4 Å². The first-order valence-corrected chi connectivity index (χ1v) is 14.9. The van der Waals surface area contributed by atoms with Crippen LogP contribution in [0.4, 0.5) is 5.69 Å². The van der Waals surface area contributed by atoms with Gasteiger partial charge in [0.15, 0.2) is 4.80 Å². The minimum absolute atomic E-state index is 0.233. The Balaban J connectivity index is 1.66. The summed E-state index contributed by atoms with van der Waals surface area (Å²) in [6.45, 7) is 4.26. The topological polar surface area (TPSA) is 81.9 Å². The lowest BCUT2D eigenvalue weighted by Gasteiger charge is -2.25. The average molecular weight is 683 g/mol. The van der Waals surface area contributed by atoms with Crippen molar-refractivity contribution >= 4 is 60.9 Å². The van der Waals surface area contributed by atoms with Crippen LogP contribution in [0.25, 0.3) is 6.08 Å². The number of amides is 1. The van der Waals surface area contributed by atoms with E-state index in [0.717, 1.165) is 20.1 Å². The summed E-state index contributed by atoms with van der Waals surface area (Å²) in [5.41, 5.74) is 2.96. The molecule has 3 aromatic carbocycles. The number of hydrogen-bond acceptors (Lipinski definition) is 6. The molecule has 40 heavy (non-hydrogen) atoms. The highest BCUT2D eigenvalue weighted by atomic mass is 79.9. The van der Waals surface area contributed by atoms with Crippen molar-refractivity contribution in [3.8, 4) is 11.5 Å². The third kappa shape index (κ3) is 5.56. The van der Waals surface area contributed by atoms with Crippen LogP contribution in [0, 0.1) is 0 Å². The van der Waals surface area contributed by atoms with E-state index in [4.69, 9.17) is 14.5 Å². The zero-order valence-electron chi connectivity index (χ0n) is 21.9. The molecule has 1 aliphatic rings. The maximum Gasteiger partial charge on any atom is 0.271 e. The quantitative estimate of drug-likeness (QED) is 0.267. The number of anilines is 1. The lowest BCUT2D eigenvalue weighted by molar-refractivity contribution is -0.113. The van der Waals surface area contributed by atoms with Gasteiger partial charge < -0.3 is 14.8 Å². The molecule has 5 rings (SSSR count). The Morgan fingerprint density at radius 2 is 1.77 bits per heavy atom. The van der Waals surface area contributed by atoms with E-state index >= 15 is 0 Å². The molecule has 0 unspecified atom stereocenters. The van der Waals surface area contributed by atoms with Crippen molar-refractivity contribution in [3.63, 3.8) is 0 Å². The van der Waals surface area contributed by atoms with E-state index in [1.807, 2.05) is 79.7 Å². The molecule has 7 nitrogen and oxygen atoms in total. The van der Waals surface area contributed by atoms with E-state index in [1.54, 1.807) is 18.6 Å². The lowest BCUT2D eigenvalue weighted by Crippen LogP contribution is -2.40. The highest BCUT2D eigenvalue weighted by Crippen LogP contribution is 2.35. The van der Waals surface area contributed by atoms with Crippen LogP contribution < -0.4 is 29.7 Å². The highest BCUT2D eigenvalue weighted by Gasteiger charge is 2.32. The molecule has 0 aliphatic carbocycles. The number of methoxy groups -OCH3 is 1. The van der Waals surface area contributed by atoms with Crippen molar-refractivity contribution in [1.29, 1.82) is 0 Å². The monoisotopic (exact) mass is 681 g/mol. The maximum absolute atomic E-state index is 14.0. The number of thiazole rings is 1. The fourth-order valence-electron chi connectivity index (χ4n) is 4.57. The SMILES string of the molecule is CCOc1ccc([C@H]2C(C(=O)Nc3ccccc3)=C(C)N=c3s/c(=C\c4cc(Br)c(OC)c(Br)c4)c(=O)n32)cc1. The molecular weight excluding hydrogens is 658 g/mol. The number of carbonyl (C=O) groups excluding carboxylic acids is 1. The number of rotatable bonds is 7. The van der Waals surface area contributed by atoms with Gasteiger partial charge in [-0.25, -0.2) is 4.99 Å². The molecule has 0 saturated heterocycles. The number of allylic oxidation sites excluding steroid dienone is 1. The van der Waals surface area contributed by atoms with Crippen LogP contribution in [0.3, 0.4) is 0 Å². The van der Waals surface area contributed by atoms with Gasteiger partial charge in [-0.05, 0) is 99.3 Å². The number of ether oxygens (including phenoxy) is 2. The number of para-hydroxylation sites is 1. The molecule has 1 atom stereocenters. The van der Waals surface area contributed by atoms with Crippen LogP contribution in [-0.4, -0.2) is 24.2 Å². The van der Waals surface area contributed by atoms with Crippen molar-refractivity contribution in [1.82, 2.24) is 4.57 Å². The Bertz CT molecular complexity index is 1770. The fraction of sp³-hybridized carbons (Fsp3) is 0.167. The summed E-state index contributed by atoms with van der Waals surface area (Å²) in [6, 6.07) is 19.8. The maximum atomic E-state index is 14.0. The third-order valence-electron chi connectivity index (χ3n) is 6.33. The number of aromatic nitrogens is 1. The molecule has 0 spiro atoms. The summed E-state index contributed by atoms with van der Waals surface area (Å²) in [7, 11) is 1.59. The summed E-state index contributed by atoms with van der Waals surface area (Å²) in [6.07, 6.45) is 1.82. The molecule has 2 heterocycles. The van der Waals surface area contributed by atoms with Gasteiger partial charge in [-0.15, -0.1) is 0 Å².